The highest BCUT2D eigenvalue weighted by Gasteiger charge is 2.50. The number of amides is 4. The van der Waals surface area contributed by atoms with Gasteiger partial charge in [-0.15, -0.1) is 10.2 Å². The summed E-state index contributed by atoms with van der Waals surface area (Å²) in [5, 5.41) is 14.1. The van der Waals surface area contributed by atoms with Crippen LogP contribution in [0.5, 0.6) is 0 Å². The first-order chi connectivity index (χ1) is 17.7. The number of nitrogens with one attached hydrogen (secondary N) is 2. The molecule has 0 aliphatic carbocycles. The summed E-state index contributed by atoms with van der Waals surface area (Å²) in [5.41, 5.74) is 0.346. The fourth-order valence-electron chi connectivity index (χ4n) is 4.87. The Kier molecular flexibility index (Phi) is 6.63. The SMILES string of the molecule is CC(C)[C@]1(c2ccc(C(=O)N3CCC(c4nnc(-c5ncc(Cl)cc5Cl)o4)CC3)cc2)NC(=O)NC1=O. The molecule has 1 aromatic carbocycles. The largest absolute Gasteiger partial charge is 0.419 e. The Morgan fingerprint density at radius 3 is 2.43 bits per heavy atom. The fourth-order valence-corrected chi connectivity index (χ4v) is 5.33. The van der Waals surface area contributed by atoms with E-state index in [-0.39, 0.29) is 23.6 Å². The van der Waals surface area contributed by atoms with Crippen LogP contribution < -0.4 is 10.6 Å². The molecule has 0 radical (unpaired) electrons. The van der Waals surface area contributed by atoms with Crippen LogP contribution in [0.1, 0.15) is 54.4 Å². The van der Waals surface area contributed by atoms with Crippen molar-refractivity contribution in [3.05, 3.63) is 63.6 Å². The van der Waals surface area contributed by atoms with Crippen molar-refractivity contribution in [2.75, 3.05) is 13.1 Å². The third-order valence-electron chi connectivity index (χ3n) is 6.93. The van der Waals surface area contributed by atoms with E-state index in [4.69, 9.17) is 27.6 Å². The van der Waals surface area contributed by atoms with Crippen LogP contribution in [0.3, 0.4) is 0 Å². The van der Waals surface area contributed by atoms with Gasteiger partial charge in [-0.3, -0.25) is 14.9 Å². The van der Waals surface area contributed by atoms with Gasteiger partial charge in [0, 0.05) is 30.8 Å². The van der Waals surface area contributed by atoms with Gasteiger partial charge >= 0.3 is 6.03 Å². The van der Waals surface area contributed by atoms with Gasteiger partial charge in [-0.2, -0.15) is 0 Å². The lowest BCUT2D eigenvalue weighted by atomic mass is 9.79. The van der Waals surface area contributed by atoms with E-state index in [1.54, 1.807) is 35.2 Å². The van der Waals surface area contributed by atoms with E-state index in [9.17, 15) is 14.4 Å². The number of halogens is 2. The van der Waals surface area contributed by atoms with Crippen LogP contribution in [-0.4, -0.2) is 51.0 Å². The van der Waals surface area contributed by atoms with Crippen LogP contribution in [0.25, 0.3) is 11.6 Å². The number of imide groups is 1. The minimum Gasteiger partial charge on any atom is -0.419 e. The van der Waals surface area contributed by atoms with Crippen molar-refractivity contribution in [3.63, 3.8) is 0 Å². The topological polar surface area (TPSA) is 130 Å². The summed E-state index contributed by atoms with van der Waals surface area (Å²) in [6.45, 7) is 4.78. The number of carbonyl (C=O) groups excluding carboxylic acids is 3. The normalized spacial score (nSPS) is 20.3. The molecular formula is C25H24Cl2N6O4. The molecule has 0 unspecified atom stereocenters. The first-order valence-electron chi connectivity index (χ1n) is 11.9. The predicted octanol–water partition coefficient (Wildman–Crippen LogP) is 4.15. The molecule has 2 aliphatic heterocycles. The van der Waals surface area contributed by atoms with Crippen molar-refractivity contribution in [1.82, 2.24) is 30.7 Å². The number of benzene rings is 1. The van der Waals surface area contributed by atoms with Crippen LogP contribution in [0.15, 0.2) is 40.9 Å². The lowest BCUT2D eigenvalue weighted by Gasteiger charge is -2.32. The Morgan fingerprint density at radius 1 is 1.14 bits per heavy atom. The maximum absolute atomic E-state index is 13.2. The summed E-state index contributed by atoms with van der Waals surface area (Å²) in [6.07, 6.45) is 2.79. The smallest absolute Gasteiger partial charge is 0.322 e. The Hall–Kier alpha value is -3.50. The summed E-state index contributed by atoms with van der Waals surface area (Å²) in [4.78, 5) is 43.5. The number of pyridine rings is 1. The van der Waals surface area contributed by atoms with E-state index in [1.165, 1.54) is 6.20 Å². The fraction of sp³-hybridized carbons (Fsp3) is 0.360. The van der Waals surface area contributed by atoms with Crippen LogP contribution in [0.2, 0.25) is 10.0 Å². The van der Waals surface area contributed by atoms with Gasteiger partial charge in [0.15, 0.2) is 0 Å². The number of nitrogens with zero attached hydrogens (tertiary/aromatic N) is 4. The Balaban J connectivity index is 1.24. The van der Waals surface area contributed by atoms with Gasteiger partial charge in [0.2, 0.25) is 5.89 Å². The molecule has 2 fully saturated rings. The van der Waals surface area contributed by atoms with Gasteiger partial charge in [0.25, 0.3) is 17.7 Å². The van der Waals surface area contributed by atoms with Crippen molar-refractivity contribution in [1.29, 1.82) is 0 Å². The van der Waals surface area contributed by atoms with Crippen LogP contribution in [-0.2, 0) is 10.3 Å². The molecule has 5 rings (SSSR count). The highest BCUT2D eigenvalue weighted by molar-refractivity contribution is 6.35. The molecule has 0 bridgehead atoms. The highest BCUT2D eigenvalue weighted by Crippen LogP contribution is 2.34. The number of rotatable bonds is 5. The second-order valence-corrected chi connectivity index (χ2v) is 10.3. The van der Waals surface area contributed by atoms with Gasteiger partial charge < -0.3 is 14.6 Å². The molecular weight excluding hydrogens is 519 g/mol. The molecule has 2 aromatic heterocycles. The molecule has 4 heterocycles. The highest BCUT2D eigenvalue weighted by atomic mass is 35.5. The van der Waals surface area contributed by atoms with Crippen LogP contribution in [0.4, 0.5) is 4.79 Å². The van der Waals surface area contributed by atoms with Gasteiger partial charge in [-0.25, -0.2) is 9.78 Å². The summed E-state index contributed by atoms with van der Waals surface area (Å²) >= 11 is 12.1. The van der Waals surface area contributed by atoms with Crippen LogP contribution in [0, 0.1) is 5.92 Å². The number of carbonyl (C=O) groups is 3. The zero-order valence-corrected chi connectivity index (χ0v) is 21.6. The Morgan fingerprint density at radius 2 is 1.84 bits per heavy atom. The molecule has 2 aliphatic rings. The Bertz CT molecular complexity index is 1370. The summed E-state index contributed by atoms with van der Waals surface area (Å²) in [7, 11) is 0. The summed E-state index contributed by atoms with van der Waals surface area (Å²) in [6, 6.07) is 7.87. The van der Waals surface area contributed by atoms with Crippen molar-refractivity contribution in [2.24, 2.45) is 5.92 Å². The zero-order chi connectivity index (χ0) is 26.3. The second-order valence-electron chi connectivity index (χ2n) is 9.44. The van der Waals surface area contributed by atoms with Crippen molar-refractivity contribution >= 4 is 41.0 Å². The average molecular weight is 543 g/mol. The maximum atomic E-state index is 13.2. The van der Waals surface area contributed by atoms with E-state index < -0.39 is 17.5 Å². The van der Waals surface area contributed by atoms with Crippen molar-refractivity contribution < 1.29 is 18.8 Å². The standard InChI is InChI=1S/C25H24Cl2N6O4/c1-13(2)25(23(35)29-24(36)30-25)16-5-3-15(4-6-16)22(34)33-9-7-14(8-10-33)20-31-32-21(37-20)19-18(27)11-17(26)12-28-19/h3-6,11-14H,7-10H2,1-2H3,(H2,29,30,35,36)/t25-/m1/s1. The lowest BCUT2D eigenvalue weighted by molar-refractivity contribution is -0.125. The molecule has 192 valence electrons. The number of piperidine rings is 1. The Labute approximate surface area is 222 Å². The zero-order valence-electron chi connectivity index (χ0n) is 20.1. The molecule has 10 nitrogen and oxygen atoms in total. The molecule has 3 aromatic rings. The molecule has 2 N–H and O–H groups in total. The van der Waals surface area contributed by atoms with Crippen LogP contribution >= 0.6 is 23.2 Å². The van der Waals surface area contributed by atoms with Gasteiger partial charge in [0.05, 0.1) is 10.0 Å². The third kappa shape index (κ3) is 4.55. The van der Waals surface area contributed by atoms with Crippen molar-refractivity contribution in [2.45, 2.75) is 38.1 Å². The first-order valence-corrected chi connectivity index (χ1v) is 12.6. The molecule has 4 amide bonds. The molecule has 0 spiro atoms. The lowest BCUT2D eigenvalue weighted by Crippen LogP contribution is -2.48. The molecule has 2 saturated heterocycles. The number of aromatic nitrogens is 3. The quantitative estimate of drug-likeness (QED) is 0.463. The van der Waals surface area contributed by atoms with E-state index in [0.717, 1.165) is 0 Å². The maximum Gasteiger partial charge on any atom is 0.322 e. The number of urea groups is 1. The monoisotopic (exact) mass is 542 g/mol. The van der Waals surface area contributed by atoms with E-state index >= 15 is 0 Å². The van der Waals surface area contributed by atoms with E-state index in [2.05, 4.69) is 25.8 Å². The predicted molar refractivity (Wildman–Crippen MR) is 135 cm³/mol. The third-order valence-corrected chi connectivity index (χ3v) is 7.43. The number of likely N-dealkylation sites (tertiary alicyclic amines) is 1. The minimum atomic E-state index is -1.16. The van der Waals surface area contributed by atoms with E-state index in [1.807, 2.05) is 13.8 Å². The van der Waals surface area contributed by atoms with Gasteiger partial charge in [-0.05, 0) is 42.5 Å². The molecule has 12 heteroatoms. The van der Waals surface area contributed by atoms with Gasteiger partial charge in [0.1, 0.15) is 11.2 Å². The number of hydrogen-bond acceptors (Lipinski definition) is 7. The van der Waals surface area contributed by atoms with E-state index in [0.29, 0.717) is 58.7 Å². The molecule has 37 heavy (non-hydrogen) atoms. The van der Waals surface area contributed by atoms with Gasteiger partial charge in [-0.1, -0.05) is 49.2 Å². The summed E-state index contributed by atoms with van der Waals surface area (Å²) < 4.78 is 5.84. The second kappa shape index (κ2) is 9.75. The first kappa shape index (κ1) is 25.2. The number of hydrogen-bond donors (Lipinski definition) is 2. The molecule has 0 saturated carbocycles. The minimum absolute atomic E-state index is 0.00846. The average Bonchev–Trinajstić information content (AvgIpc) is 3.48. The van der Waals surface area contributed by atoms with Crippen molar-refractivity contribution in [3.8, 4) is 11.6 Å². The summed E-state index contributed by atoms with van der Waals surface area (Å²) in [5.74, 6) is 0.0286. The molecule has 1 atom stereocenters.